The number of ether oxygens (including phenoxy) is 1. The summed E-state index contributed by atoms with van der Waals surface area (Å²) in [5, 5.41) is 0.783. The lowest BCUT2D eigenvalue weighted by atomic mass is 10.1. The maximum Gasteiger partial charge on any atom is 0.573 e. The molecule has 0 unspecified atom stereocenters. The third-order valence-electron chi connectivity index (χ3n) is 3.40. The van der Waals surface area contributed by atoms with Crippen LogP contribution in [-0.2, 0) is 0 Å². The monoisotopic (exact) mass is 364 g/mol. The van der Waals surface area contributed by atoms with E-state index in [-0.39, 0.29) is 5.75 Å². The first-order chi connectivity index (χ1) is 12.0. The van der Waals surface area contributed by atoms with Gasteiger partial charge in [-0.1, -0.05) is 49.0 Å². The second-order valence-corrected chi connectivity index (χ2v) is 6.33. The second-order valence-electron chi connectivity index (χ2n) is 5.10. The minimum absolute atomic E-state index is 0.248. The lowest BCUT2D eigenvalue weighted by Crippen LogP contribution is -2.17. The third kappa shape index (κ3) is 4.17. The Morgan fingerprint density at radius 2 is 1.72 bits per heavy atom. The Morgan fingerprint density at radius 3 is 2.32 bits per heavy atom. The number of aromatic nitrogens is 2. The van der Waals surface area contributed by atoms with Crippen LogP contribution in [0.2, 0.25) is 0 Å². The van der Waals surface area contributed by atoms with Crippen molar-refractivity contribution < 1.29 is 17.9 Å². The van der Waals surface area contributed by atoms with E-state index in [4.69, 9.17) is 0 Å². The van der Waals surface area contributed by atoms with Gasteiger partial charge in [0.2, 0.25) is 0 Å². The summed E-state index contributed by atoms with van der Waals surface area (Å²) in [7, 11) is 0. The summed E-state index contributed by atoms with van der Waals surface area (Å²) in [6.07, 6.45) is -2.93. The summed E-state index contributed by atoms with van der Waals surface area (Å²) in [6, 6.07) is 15.5. The van der Waals surface area contributed by atoms with Gasteiger partial charge in [0.25, 0.3) is 0 Å². The van der Waals surface area contributed by atoms with Crippen molar-refractivity contribution in [1.29, 1.82) is 0 Å². The van der Waals surface area contributed by atoms with E-state index in [1.807, 2.05) is 41.8 Å². The Hall–Kier alpha value is -2.41. The Bertz CT molecular complexity index is 830. The van der Waals surface area contributed by atoms with Gasteiger partial charge in [-0.25, -0.2) is 4.98 Å². The van der Waals surface area contributed by atoms with Crippen LogP contribution in [0.4, 0.5) is 13.2 Å². The Balaban J connectivity index is 2.02. The standard InChI is InChI=1S/C18H15F3N2OS/c1-2-25-17-22-12-16(13-6-4-3-5-7-13)23(17)14-8-10-15(11-9-14)24-18(19,20)21/h3-12H,2H2,1H3. The molecule has 3 aromatic rings. The van der Waals surface area contributed by atoms with Crippen molar-refractivity contribution in [2.75, 3.05) is 5.75 Å². The molecule has 0 spiro atoms. The molecule has 0 amide bonds. The van der Waals surface area contributed by atoms with Crippen molar-refractivity contribution in [1.82, 2.24) is 9.55 Å². The maximum atomic E-state index is 12.3. The van der Waals surface area contributed by atoms with Crippen molar-refractivity contribution in [3.05, 3.63) is 60.8 Å². The smallest absolute Gasteiger partial charge is 0.406 e. The van der Waals surface area contributed by atoms with Gasteiger partial charge in [-0.05, 0) is 30.0 Å². The van der Waals surface area contributed by atoms with Crippen LogP contribution in [-0.4, -0.2) is 21.7 Å². The fraction of sp³-hybridized carbons (Fsp3) is 0.167. The highest BCUT2D eigenvalue weighted by molar-refractivity contribution is 7.99. The second kappa shape index (κ2) is 7.23. The molecule has 130 valence electrons. The van der Waals surface area contributed by atoms with Crippen LogP contribution in [0, 0.1) is 0 Å². The first-order valence-electron chi connectivity index (χ1n) is 7.60. The van der Waals surface area contributed by atoms with Crippen LogP contribution in [0.25, 0.3) is 16.9 Å². The zero-order chi connectivity index (χ0) is 17.9. The average molecular weight is 364 g/mol. The van der Waals surface area contributed by atoms with E-state index in [1.165, 1.54) is 12.1 Å². The van der Waals surface area contributed by atoms with Gasteiger partial charge in [-0.3, -0.25) is 4.57 Å². The van der Waals surface area contributed by atoms with Gasteiger partial charge >= 0.3 is 6.36 Å². The van der Waals surface area contributed by atoms with Crippen LogP contribution in [0.3, 0.4) is 0 Å². The van der Waals surface area contributed by atoms with E-state index in [9.17, 15) is 13.2 Å². The number of thioether (sulfide) groups is 1. The molecule has 0 radical (unpaired) electrons. The molecule has 3 rings (SSSR count). The predicted molar refractivity (Wildman–Crippen MR) is 92.1 cm³/mol. The third-order valence-corrected chi connectivity index (χ3v) is 4.24. The number of rotatable bonds is 5. The molecule has 0 saturated heterocycles. The van der Waals surface area contributed by atoms with Crippen LogP contribution in [0.1, 0.15) is 6.92 Å². The molecule has 0 aliphatic rings. The summed E-state index contributed by atoms with van der Waals surface area (Å²) in [5.41, 5.74) is 2.58. The number of hydrogen-bond donors (Lipinski definition) is 0. The quantitative estimate of drug-likeness (QED) is 0.556. The summed E-state index contributed by atoms with van der Waals surface area (Å²) in [4.78, 5) is 4.46. The van der Waals surface area contributed by atoms with E-state index in [2.05, 4.69) is 9.72 Å². The first-order valence-corrected chi connectivity index (χ1v) is 8.58. The zero-order valence-electron chi connectivity index (χ0n) is 13.3. The Kier molecular flexibility index (Phi) is 5.03. The van der Waals surface area contributed by atoms with Crippen LogP contribution < -0.4 is 4.74 Å². The topological polar surface area (TPSA) is 27.1 Å². The van der Waals surface area contributed by atoms with Crippen LogP contribution in [0.5, 0.6) is 5.75 Å². The molecule has 7 heteroatoms. The minimum atomic E-state index is -4.70. The number of imidazole rings is 1. The van der Waals surface area contributed by atoms with Gasteiger partial charge in [0.1, 0.15) is 5.75 Å². The lowest BCUT2D eigenvalue weighted by Gasteiger charge is -2.13. The Labute approximate surface area is 147 Å². The molecule has 0 atom stereocenters. The highest BCUT2D eigenvalue weighted by atomic mass is 32.2. The largest absolute Gasteiger partial charge is 0.573 e. The number of hydrogen-bond acceptors (Lipinski definition) is 3. The molecule has 0 saturated carbocycles. The molecule has 3 nitrogen and oxygen atoms in total. The fourth-order valence-electron chi connectivity index (χ4n) is 2.42. The molecular formula is C18H15F3N2OS. The van der Waals surface area contributed by atoms with Crippen molar-refractivity contribution >= 4 is 11.8 Å². The molecule has 0 N–H and O–H groups in total. The normalized spacial score (nSPS) is 11.5. The zero-order valence-corrected chi connectivity index (χ0v) is 14.1. The van der Waals surface area contributed by atoms with E-state index in [0.29, 0.717) is 0 Å². The maximum absolute atomic E-state index is 12.3. The first kappa shape index (κ1) is 17.4. The van der Waals surface area contributed by atoms with Gasteiger partial charge in [-0.15, -0.1) is 13.2 Å². The van der Waals surface area contributed by atoms with Gasteiger partial charge in [0.15, 0.2) is 5.16 Å². The average Bonchev–Trinajstić information content (AvgIpc) is 2.99. The highest BCUT2D eigenvalue weighted by Crippen LogP contribution is 2.31. The molecule has 1 aromatic heterocycles. The van der Waals surface area contributed by atoms with Crippen molar-refractivity contribution in [3.63, 3.8) is 0 Å². The van der Waals surface area contributed by atoms with E-state index in [0.717, 1.165) is 27.9 Å². The minimum Gasteiger partial charge on any atom is -0.406 e. The molecule has 1 heterocycles. The van der Waals surface area contributed by atoms with E-state index < -0.39 is 6.36 Å². The van der Waals surface area contributed by atoms with Crippen LogP contribution in [0.15, 0.2) is 66.0 Å². The van der Waals surface area contributed by atoms with Crippen LogP contribution >= 0.6 is 11.8 Å². The van der Waals surface area contributed by atoms with Crippen molar-refractivity contribution in [2.24, 2.45) is 0 Å². The Morgan fingerprint density at radius 1 is 1.04 bits per heavy atom. The fourth-order valence-corrected chi connectivity index (χ4v) is 3.14. The molecular weight excluding hydrogens is 349 g/mol. The molecule has 2 aromatic carbocycles. The summed E-state index contributed by atoms with van der Waals surface area (Å²) in [5.74, 6) is 0.586. The highest BCUT2D eigenvalue weighted by Gasteiger charge is 2.31. The summed E-state index contributed by atoms with van der Waals surface area (Å²) >= 11 is 1.57. The van der Waals surface area contributed by atoms with Crippen molar-refractivity contribution in [2.45, 2.75) is 18.4 Å². The SMILES string of the molecule is CCSc1ncc(-c2ccccc2)n1-c1ccc(OC(F)(F)F)cc1. The molecule has 0 aliphatic carbocycles. The molecule has 0 bridgehead atoms. The number of halogens is 3. The molecule has 0 aliphatic heterocycles. The molecule has 0 fully saturated rings. The van der Waals surface area contributed by atoms with Gasteiger partial charge in [-0.2, -0.15) is 0 Å². The van der Waals surface area contributed by atoms with Gasteiger partial charge in [0.05, 0.1) is 11.9 Å². The summed E-state index contributed by atoms with van der Waals surface area (Å²) < 4.78 is 42.8. The number of benzene rings is 2. The number of alkyl halides is 3. The van der Waals surface area contributed by atoms with Gasteiger partial charge < -0.3 is 4.74 Å². The predicted octanol–water partition coefficient (Wildman–Crippen LogP) is 5.55. The van der Waals surface area contributed by atoms with E-state index >= 15 is 0 Å². The lowest BCUT2D eigenvalue weighted by molar-refractivity contribution is -0.274. The van der Waals surface area contributed by atoms with Crippen molar-refractivity contribution in [3.8, 4) is 22.7 Å². The van der Waals surface area contributed by atoms with Gasteiger partial charge in [0, 0.05) is 11.3 Å². The number of nitrogens with zero attached hydrogens (tertiary/aromatic N) is 2. The molecule has 25 heavy (non-hydrogen) atoms. The van der Waals surface area contributed by atoms with E-state index in [1.54, 1.807) is 30.1 Å². The summed E-state index contributed by atoms with van der Waals surface area (Å²) in [6.45, 7) is 2.02.